The van der Waals surface area contributed by atoms with Crippen LogP contribution in [-0.2, 0) is 6.42 Å². The van der Waals surface area contributed by atoms with Crippen molar-refractivity contribution in [3.8, 4) is 0 Å². The number of aromatic amines is 1. The van der Waals surface area contributed by atoms with Crippen LogP contribution < -0.4 is 0 Å². The van der Waals surface area contributed by atoms with Gasteiger partial charge in [-0.2, -0.15) is 14.9 Å². The van der Waals surface area contributed by atoms with Crippen molar-refractivity contribution in [2.45, 2.75) is 26.2 Å². The van der Waals surface area contributed by atoms with Gasteiger partial charge < -0.3 is 5.11 Å². The number of carboxylic acids is 1. The SMILES string of the molecule is CCCCc1n[nH]c(=S)n1/N=C\c1ccc(C(=O)O)cc1. The first-order chi connectivity index (χ1) is 10.1. The molecule has 2 N–H and O–H groups in total. The maximum Gasteiger partial charge on any atom is 0.335 e. The number of carbonyl (C=O) groups is 1. The summed E-state index contributed by atoms with van der Waals surface area (Å²) in [6.45, 7) is 2.11. The molecule has 0 atom stereocenters. The van der Waals surface area contributed by atoms with E-state index in [0.717, 1.165) is 30.7 Å². The van der Waals surface area contributed by atoms with Crippen LogP contribution >= 0.6 is 12.2 Å². The van der Waals surface area contributed by atoms with Gasteiger partial charge in [0, 0.05) is 6.42 Å². The van der Waals surface area contributed by atoms with Crippen LogP contribution in [0, 0.1) is 4.77 Å². The largest absolute Gasteiger partial charge is 0.478 e. The lowest BCUT2D eigenvalue weighted by Gasteiger charge is -1.99. The molecule has 6 nitrogen and oxygen atoms in total. The fourth-order valence-corrected chi connectivity index (χ4v) is 1.97. The molecule has 110 valence electrons. The smallest absolute Gasteiger partial charge is 0.335 e. The Bertz CT molecular complexity index is 701. The van der Waals surface area contributed by atoms with Gasteiger partial charge in [-0.3, -0.25) is 5.10 Å². The second-order valence-electron chi connectivity index (χ2n) is 4.53. The fourth-order valence-electron chi connectivity index (χ4n) is 1.78. The molecule has 0 unspecified atom stereocenters. The van der Waals surface area contributed by atoms with E-state index in [0.29, 0.717) is 4.77 Å². The van der Waals surface area contributed by atoms with Crippen LogP contribution in [0.5, 0.6) is 0 Å². The van der Waals surface area contributed by atoms with Gasteiger partial charge in [0.25, 0.3) is 0 Å². The minimum Gasteiger partial charge on any atom is -0.478 e. The number of nitrogens with zero attached hydrogens (tertiary/aromatic N) is 3. The number of aromatic nitrogens is 3. The predicted octanol–water partition coefficient (Wildman–Crippen LogP) is 2.86. The Morgan fingerprint density at radius 2 is 2.19 bits per heavy atom. The first-order valence-electron chi connectivity index (χ1n) is 6.66. The van der Waals surface area contributed by atoms with Gasteiger partial charge in [0.2, 0.25) is 4.77 Å². The lowest BCUT2D eigenvalue weighted by Crippen LogP contribution is -2.00. The summed E-state index contributed by atoms with van der Waals surface area (Å²) in [4.78, 5) is 10.8. The molecule has 21 heavy (non-hydrogen) atoms. The Morgan fingerprint density at radius 1 is 1.48 bits per heavy atom. The van der Waals surface area contributed by atoms with E-state index in [1.54, 1.807) is 23.0 Å². The van der Waals surface area contributed by atoms with Crippen LogP contribution in [0.15, 0.2) is 29.4 Å². The Balaban J connectivity index is 2.19. The summed E-state index contributed by atoms with van der Waals surface area (Å²) in [6.07, 6.45) is 4.52. The molecule has 0 saturated heterocycles. The minimum atomic E-state index is -0.947. The molecule has 0 saturated carbocycles. The highest BCUT2D eigenvalue weighted by atomic mass is 32.1. The third-order valence-corrected chi connectivity index (χ3v) is 3.22. The van der Waals surface area contributed by atoms with E-state index in [9.17, 15) is 4.79 Å². The van der Waals surface area contributed by atoms with Crippen molar-refractivity contribution >= 4 is 24.4 Å². The zero-order chi connectivity index (χ0) is 15.2. The van der Waals surface area contributed by atoms with E-state index >= 15 is 0 Å². The molecule has 1 aromatic heterocycles. The number of H-pyrrole nitrogens is 1. The van der Waals surface area contributed by atoms with Crippen molar-refractivity contribution in [3.05, 3.63) is 46.0 Å². The van der Waals surface area contributed by atoms with Crippen LogP contribution in [-0.4, -0.2) is 32.2 Å². The zero-order valence-electron chi connectivity index (χ0n) is 11.6. The van der Waals surface area contributed by atoms with Crippen molar-refractivity contribution < 1.29 is 9.90 Å². The number of hydrogen-bond donors (Lipinski definition) is 2. The molecule has 1 heterocycles. The van der Waals surface area contributed by atoms with E-state index in [1.807, 2.05) is 0 Å². The Labute approximate surface area is 127 Å². The number of unbranched alkanes of at least 4 members (excludes halogenated alkanes) is 1. The van der Waals surface area contributed by atoms with E-state index in [2.05, 4.69) is 22.2 Å². The van der Waals surface area contributed by atoms with Gasteiger partial charge in [0.15, 0.2) is 5.82 Å². The molecule has 0 spiro atoms. The number of hydrogen-bond acceptors (Lipinski definition) is 4. The quantitative estimate of drug-likeness (QED) is 0.635. The molecule has 0 fully saturated rings. The van der Waals surface area contributed by atoms with Crippen LogP contribution in [0.3, 0.4) is 0 Å². The summed E-state index contributed by atoms with van der Waals surface area (Å²) >= 11 is 5.15. The van der Waals surface area contributed by atoms with Gasteiger partial charge >= 0.3 is 5.97 Å². The van der Waals surface area contributed by atoms with E-state index < -0.39 is 5.97 Å². The van der Waals surface area contributed by atoms with Crippen molar-refractivity contribution in [1.29, 1.82) is 0 Å². The minimum absolute atomic E-state index is 0.246. The molecule has 2 rings (SSSR count). The fraction of sp³-hybridized carbons (Fsp3) is 0.286. The van der Waals surface area contributed by atoms with Crippen molar-refractivity contribution in [2.75, 3.05) is 0 Å². The number of carboxylic acid groups (broad SMARTS) is 1. The Morgan fingerprint density at radius 3 is 2.81 bits per heavy atom. The summed E-state index contributed by atoms with van der Waals surface area (Å²) < 4.78 is 2.04. The Hall–Kier alpha value is -2.28. The maximum atomic E-state index is 10.8. The third-order valence-electron chi connectivity index (χ3n) is 2.95. The van der Waals surface area contributed by atoms with Crippen molar-refractivity contribution in [3.63, 3.8) is 0 Å². The van der Waals surface area contributed by atoms with Gasteiger partial charge in [-0.25, -0.2) is 4.79 Å². The van der Waals surface area contributed by atoms with E-state index in [4.69, 9.17) is 17.3 Å². The van der Waals surface area contributed by atoms with Crippen LogP contribution in [0.1, 0.15) is 41.5 Å². The van der Waals surface area contributed by atoms with Gasteiger partial charge in [-0.05, 0) is 36.3 Å². The third kappa shape index (κ3) is 3.85. The normalized spacial score (nSPS) is 11.1. The molecule has 0 radical (unpaired) electrons. The lowest BCUT2D eigenvalue weighted by molar-refractivity contribution is 0.0697. The van der Waals surface area contributed by atoms with Crippen LogP contribution in [0.25, 0.3) is 0 Å². The number of rotatable bonds is 6. The van der Waals surface area contributed by atoms with Crippen LogP contribution in [0.4, 0.5) is 0 Å². The number of nitrogens with one attached hydrogen (secondary N) is 1. The van der Waals surface area contributed by atoms with Crippen LogP contribution in [0.2, 0.25) is 0 Å². The predicted molar refractivity (Wildman–Crippen MR) is 82.4 cm³/mol. The first kappa shape index (κ1) is 15.1. The monoisotopic (exact) mass is 304 g/mol. The van der Waals surface area contributed by atoms with Gasteiger partial charge in [0.05, 0.1) is 11.8 Å². The van der Waals surface area contributed by atoms with E-state index in [1.165, 1.54) is 12.1 Å². The second kappa shape index (κ2) is 6.94. The van der Waals surface area contributed by atoms with Gasteiger partial charge in [-0.15, -0.1) is 0 Å². The lowest BCUT2D eigenvalue weighted by atomic mass is 10.1. The Kier molecular flexibility index (Phi) is 4.99. The topological polar surface area (TPSA) is 83.3 Å². The summed E-state index contributed by atoms with van der Waals surface area (Å²) in [5, 5.41) is 20.0. The first-order valence-corrected chi connectivity index (χ1v) is 7.06. The summed E-state index contributed by atoms with van der Waals surface area (Å²) in [7, 11) is 0. The molecule has 0 aliphatic heterocycles. The highest BCUT2D eigenvalue weighted by Gasteiger charge is 2.04. The molecule has 0 bridgehead atoms. The molecule has 1 aromatic carbocycles. The van der Waals surface area contributed by atoms with Gasteiger partial charge in [0.1, 0.15) is 0 Å². The molecule has 0 aliphatic carbocycles. The standard InChI is InChI=1S/C14H16N4O2S/c1-2-3-4-12-16-17-14(21)18(12)15-9-10-5-7-11(8-6-10)13(19)20/h5-9H,2-4H2,1H3,(H,17,21)(H,19,20)/b15-9-. The maximum absolute atomic E-state index is 10.8. The van der Waals surface area contributed by atoms with E-state index in [-0.39, 0.29) is 5.56 Å². The number of aromatic carboxylic acids is 1. The number of benzene rings is 1. The molecular weight excluding hydrogens is 288 g/mol. The van der Waals surface area contributed by atoms with Gasteiger partial charge in [-0.1, -0.05) is 25.5 Å². The average Bonchev–Trinajstić information content (AvgIpc) is 2.83. The molecule has 0 aliphatic rings. The molecule has 0 amide bonds. The molecule has 7 heteroatoms. The second-order valence-corrected chi connectivity index (χ2v) is 4.92. The molecular formula is C14H16N4O2S. The summed E-state index contributed by atoms with van der Waals surface area (Å²) in [6, 6.07) is 6.47. The highest BCUT2D eigenvalue weighted by molar-refractivity contribution is 7.71. The van der Waals surface area contributed by atoms with Crippen molar-refractivity contribution in [2.24, 2.45) is 5.10 Å². The number of aryl methyl sites for hydroxylation is 1. The highest BCUT2D eigenvalue weighted by Crippen LogP contribution is 2.05. The summed E-state index contributed by atoms with van der Waals surface area (Å²) in [5.74, 6) is -0.155. The molecule has 2 aromatic rings. The summed E-state index contributed by atoms with van der Waals surface area (Å²) in [5.41, 5.74) is 1.04. The zero-order valence-corrected chi connectivity index (χ0v) is 12.4. The average molecular weight is 304 g/mol. The van der Waals surface area contributed by atoms with Crippen molar-refractivity contribution in [1.82, 2.24) is 14.9 Å².